The zero-order chi connectivity index (χ0) is 8.48. The van der Waals surface area contributed by atoms with Crippen LogP contribution in [0.2, 0.25) is 0 Å². The topological polar surface area (TPSA) is 40.9 Å². The van der Waals surface area contributed by atoms with Gasteiger partial charge in [0.25, 0.3) is 0 Å². The summed E-state index contributed by atoms with van der Waals surface area (Å²) < 4.78 is 19.5. The molecule has 1 aromatic rings. The molecular formula is C7H8INOS. The Bertz CT molecular complexity index is 341. The summed E-state index contributed by atoms with van der Waals surface area (Å²) in [5, 5.41) is 0. The molecule has 1 aromatic carbocycles. The van der Waals surface area contributed by atoms with E-state index in [0.29, 0.717) is 4.90 Å². The Kier molecular flexibility index (Phi) is 2.54. The molecule has 0 aliphatic carbocycles. The normalized spacial score (nSPS) is 15.8. The van der Waals surface area contributed by atoms with Gasteiger partial charge in [-0.25, -0.2) is 8.99 Å². The van der Waals surface area contributed by atoms with E-state index in [1.807, 2.05) is 12.1 Å². The molecule has 0 fully saturated rings. The van der Waals surface area contributed by atoms with E-state index in [9.17, 15) is 4.21 Å². The van der Waals surface area contributed by atoms with Crippen LogP contribution in [0.4, 0.5) is 0 Å². The summed E-state index contributed by atoms with van der Waals surface area (Å²) in [5.41, 5.74) is 0. The van der Waals surface area contributed by atoms with Crippen LogP contribution in [0.3, 0.4) is 0 Å². The third-order valence-corrected chi connectivity index (χ3v) is 3.15. The van der Waals surface area contributed by atoms with Gasteiger partial charge in [0.1, 0.15) is 0 Å². The number of hydrogen-bond donors (Lipinski definition) is 1. The maximum Gasteiger partial charge on any atom is 0.0696 e. The first kappa shape index (κ1) is 8.99. The van der Waals surface area contributed by atoms with Gasteiger partial charge < -0.3 is 0 Å². The van der Waals surface area contributed by atoms with Crippen LogP contribution in [0.5, 0.6) is 0 Å². The Morgan fingerprint density at radius 3 is 2.18 bits per heavy atom. The number of halogens is 1. The lowest BCUT2D eigenvalue weighted by Gasteiger charge is -1.99. The Balaban J connectivity index is 3.20. The van der Waals surface area contributed by atoms with Crippen molar-refractivity contribution < 1.29 is 4.21 Å². The van der Waals surface area contributed by atoms with E-state index in [2.05, 4.69) is 22.6 Å². The van der Waals surface area contributed by atoms with Crippen LogP contribution in [-0.4, -0.2) is 10.5 Å². The first-order chi connectivity index (χ1) is 5.00. The minimum absolute atomic E-state index is 0.595. The van der Waals surface area contributed by atoms with E-state index >= 15 is 0 Å². The molecule has 0 radical (unpaired) electrons. The number of hydrogen-bond acceptors (Lipinski definition) is 2. The van der Waals surface area contributed by atoms with Crippen molar-refractivity contribution >= 4 is 32.3 Å². The van der Waals surface area contributed by atoms with Crippen LogP contribution in [0.15, 0.2) is 29.2 Å². The van der Waals surface area contributed by atoms with E-state index < -0.39 is 9.73 Å². The van der Waals surface area contributed by atoms with Gasteiger partial charge in [-0.15, -0.1) is 0 Å². The second-order valence-corrected chi connectivity index (χ2v) is 5.70. The summed E-state index contributed by atoms with van der Waals surface area (Å²) in [7, 11) is -2.52. The highest BCUT2D eigenvalue weighted by molar-refractivity contribution is 14.1. The lowest BCUT2D eigenvalue weighted by molar-refractivity contribution is 0.679. The standard InChI is InChI=1S/C7H8INOS/c1-11(9,10)7-4-2-6(8)3-5-7/h2-5,9H,1H3. The van der Waals surface area contributed by atoms with Crippen molar-refractivity contribution in [3.8, 4) is 0 Å². The minimum atomic E-state index is -2.52. The number of nitrogens with one attached hydrogen (secondary N) is 1. The highest BCUT2D eigenvalue weighted by Crippen LogP contribution is 2.11. The van der Waals surface area contributed by atoms with Gasteiger partial charge in [-0.1, -0.05) is 0 Å². The molecule has 11 heavy (non-hydrogen) atoms. The van der Waals surface area contributed by atoms with Crippen molar-refractivity contribution in [1.82, 2.24) is 0 Å². The maximum absolute atomic E-state index is 11.2. The molecule has 1 unspecified atom stereocenters. The monoisotopic (exact) mass is 281 g/mol. The summed E-state index contributed by atoms with van der Waals surface area (Å²) >= 11 is 2.17. The van der Waals surface area contributed by atoms with Gasteiger partial charge in [-0.3, -0.25) is 0 Å². The summed E-state index contributed by atoms with van der Waals surface area (Å²) in [4.78, 5) is 0.595. The van der Waals surface area contributed by atoms with Crippen molar-refractivity contribution in [2.45, 2.75) is 4.90 Å². The predicted molar refractivity (Wildman–Crippen MR) is 54.2 cm³/mol. The summed E-state index contributed by atoms with van der Waals surface area (Å²) in [6.07, 6.45) is 1.43. The van der Waals surface area contributed by atoms with Crippen LogP contribution in [0.1, 0.15) is 0 Å². The Morgan fingerprint density at radius 2 is 1.82 bits per heavy atom. The average molecular weight is 281 g/mol. The van der Waals surface area contributed by atoms with E-state index in [1.54, 1.807) is 12.1 Å². The SMILES string of the molecule is CS(=N)(=O)c1ccc(I)cc1. The van der Waals surface area contributed by atoms with E-state index in [4.69, 9.17) is 4.78 Å². The molecule has 60 valence electrons. The maximum atomic E-state index is 11.2. The molecule has 4 heteroatoms. The summed E-state index contributed by atoms with van der Waals surface area (Å²) in [6.45, 7) is 0. The van der Waals surface area contributed by atoms with Gasteiger partial charge >= 0.3 is 0 Å². The van der Waals surface area contributed by atoms with E-state index in [1.165, 1.54) is 6.26 Å². The lowest BCUT2D eigenvalue weighted by Crippen LogP contribution is -1.93. The Hall–Kier alpha value is -0.100. The highest BCUT2D eigenvalue weighted by atomic mass is 127. The molecular weight excluding hydrogens is 273 g/mol. The minimum Gasteiger partial charge on any atom is -0.249 e. The molecule has 0 bridgehead atoms. The zero-order valence-corrected chi connectivity index (χ0v) is 8.98. The van der Waals surface area contributed by atoms with Crippen LogP contribution < -0.4 is 0 Å². The first-order valence-electron chi connectivity index (χ1n) is 2.99. The summed E-state index contributed by atoms with van der Waals surface area (Å²) in [5.74, 6) is 0. The zero-order valence-electron chi connectivity index (χ0n) is 6.00. The largest absolute Gasteiger partial charge is 0.249 e. The smallest absolute Gasteiger partial charge is 0.0696 e. The van der Waals surface area contributed by atoms with Gasteiger partial charge in [-0.2, -0.15) is 0 Å². The molecule has 1 rings (SSSR count). The molecule has 0 amide bonds. The van der Waals surface area contributed by atoms with Crippen molar-refractivity contribution in [1.29, 1.82) is 4.78 Å². The molecule has 0 spiro atoms. The van der Waals surface area contributed by atoms with Gasteiger partial charge in [0, 0.05) is 14.7 Å². The van der Waals surface area contributed by atoms with E-state index in [-0.39, 0.29) is 0 Å². The van der Waals surface area contributed by atoms with E-state index in [0.717, 1.165) is 3.57 Å². The molecule has 0 saturated carbocycles. The molecule has 0 aromatic heterocycles. The number of benzene rings is 1. The van der Waals surface area contributed by atoms with Crippen molar-refractivity contribution in [2.24, 2.45) is 0 Å². The molecule has 1 atom stereocenters. The van der Waals surface area contributed by atoms with Crippen molar-refractivity contribution in [2.75, 3.05) is 6.26 Å². The third-order valence-electron chi connectivity index (χ3n) is 1.26. The van der Waals surface area contributed by atoms with Crippen LogP contribution in [-0.2, 0) is 9.73 Å². The van der Waals surface area contributed by atoms with Crippen LogP contribution in [0, 0.1) is 8.35 Å². The van der Waals surface area contributed by atoms with Crippen molar-refractivity contribution in [3.63, 3.8) is 0 Å². The predicted octanol–water partition coefficient (Wildman–Crippen LogP) is 2.33. The fourth-order valence-electron chi connectivity index (χ4n) is 0.694. The van der Waals surface area contributed by atoms with Gasteiger partial charge in [0.15, 0.2) is 0 Å². The van der Waals surface area contributed by atoms with Crippen LogP contribution >= 0.6 is 22.6 Å². The second-order valence-electron chi connectivity index (χ2n) is 2.30. The Labute approximate surface area is 80.1 Å². The van der Waals surface area contributed by atoms with Crippen molar-refractivity contribution in [3.05, 3.63) is 27.8 Å². The third kappa shape index (κ3) is 2.44. The quantitative estimate of drug-likeness (QED) is 0.788. The highest BCUT2D eigenvalue weighted by Gasteiger charge is 2.00. The van der Waals surface area contributed by atoms with Gasteiger partial charge in [-0.05, 0) is 46.9 Å². The second kappa shape index (κ2) is 3.10. The lowest BCUT2D eigenvalue weighted by atomic mass is 10.4. The number of rotatable bonds is 1. The van der Waals surface area contributed by atoms with Crippen LogP contribution in [0.25, 0.3) is 0 Å². The fraction of sp³-hybridized carbons (Fsp3) is 0.143. The molecule has 0 heterocycles. The molecule has 0 aliphatic heterocycles. The first-order valence-corrected chi connectivity index (χ1v) is 6.04. The molecule has 0 saturated heterocycles. The van der Waals surface area contributed by atoms with Gasteiger partial charge in [0.2, 0.25) is 0 Å². The molecule has 2 nitrogen and oxygen atoms in total. The summed E-state index contributed by atoms with van der Waals surface area (Å²) in [6, 6.07) is 7.18. The molecule has 1 N–H and O–H groups in total. The Morgan fingerprint density at radius 1 is 1.36 bits per heavy atom. The average Bonchev–Trinajstić information content (AvgIpc) is 1.86. The fourth-order valence-corrected chi connectivity index (χ4v) is 1.71. The molecule has 0 aliphatic rings. The van der Waals surface area contributed by atoms with Gasteiger partial charge in [0.05, 0.1) is 9.73 Å².